The lowest BCUT2D eigenvalue weighted by Gasteiger charge is -2.21. The number of carbonyl (C=O) groups excluding carboxylic acids is 2. The molecule has 0 unspecified atom stereocenters. The maximum atomic E-state index is 12.5. The maximum Gasteiger partial charge on any atom is 0.255 e. The average molecular weight is 370 g/mol. The van der Waals surface area contributed by atoms with Crippen LogP contribution in [0.1, 0.15) is 41.5 Å². The minimum Gasteiger partial charge on any atom is -0.491 e. The third-order valence-electron chi connectivity index (χ3n) is 3.58. The highest BCUT2D eigenvalue weighted by molar-refractivity contribution is 6.09. The van der Waals surface area contributed by atoms with Crippen LogP contribution in [0.2, 0.25) is 0 Å². The van der Waals surface area contributed by atoms with Crippen molar-refractivity contribution in [2.75, 3.05) is 25.6 Å². The van der Waals surface area contributed by atoms with E-state index in [1.54, 1.807) is 55.6 Å². The second-order valence-electron chi connectivity index (χ2n) is 7.07. The highest BCUT2D eigenvalue weighted by atomic mass is 16.5. The van der Waals surface area contributed by atoms with Crippen LogP contribution in [-0.4, -0.2) is 37.7 Å². The summed E-state index contributed by atoms with van der Waals surface area (Å²) in [6.45, 7) is 6.65. The van der Waals surface area contributed by atoms with E-state index < -0.39 is 0 Å². The first-order chi connectivity index (χ1) is 12.8. The first kappa shape index (κ1) is 20.5. The molecule has 0 saturated heterocycles. The first-order valence-electron chi connectivity index (χ1n) is 8.75. The molecule has 2 N–H and O–H groups in total. The molecule has 0 aromatic heterocycles. The van der Waals surface area contributed by atoms with Gasteiger partial charge in [-0.2, -0.15) is 0 Å². The topological polar surface area (TPSA) is 76.7 Å². The van der Waals surface area contributed by atoms with Crippen molar-refractivity contribution in [1.29, 1.82) is 0 Å². The molecule has 144 valence electrons. The molecule has 27 heavy (non-hydrogen) atoms. The van der Waals surface area contributed by atoms with Crippen molar-refractivity contribution in [1.82, 2.24) is 5.32 Å². The van der Waals surface area contributed by atoms with Gasteiger partial charge in [-0.25, -0.2) is 0 Å². The van der Waals surface area contributed by atoms with Crippen molar-refractivity contribution in [2.24, 2.45) is 0 Å². The SMILES string of the molecule is COCCOc1ccc(C(=O)Nc2ccccc2C(=O)NC(C)(C)C)cc1. The van der Waals surface area contributed by atoms with Crippen LogP contribution in [0.5, 0.6) is 5.75 Å². The highest BCUT2D eigenvalue weighted by Gasteiger charge is 2.19. The molecule has 0 heterocycles. The summed E-state index contributed by atoms with van der Waals surface area (Å²) in [4.78, 5) is 25.0. The summed E-state index contributed by atoms with van der Waals surface area (Å²) in [6, 6.07) is 13.7. The van der Waals surface area contributed by atoms with Gasteiger partial charge in [0.15, 0.2) is 0 Å². The van der Waals surface area contributed by atoms with Crippen LogP contribution in [0, 0.1) is 0 Å². The fourth-order valence-corrected chi connectivity index (χ4v) is 2.34. The predicted octanol–water partition coefficient (Wildman–Crippen LogP) is 3.49. The number of ether oxygens (including phenoxy) is 2. The Morgan fingerprint density at radius 1 is 0.926 bits per heavy atom. The smallest absolute Gasteiger partial charge is 0.255 e. The van der Waals surface area contributed by atoms with Crippen molar-refractivity contribution in [3.63, 3.8) is 0 Å². The molecule has 0 spiro atoms. The Bertz CT molecular complexity index is 780. The summed E-state index contributed by atoms with van der Waals surface area (Å²) in [6.07, 6.45) is 0. The molecule has 0 fully saturated rings. The van der Waals surface area contributed by atoms with Gasteiger partial charge in [-0.1, -0.05) is 12.1 Å². The third-order valence-corrected chi connectivity index (χ3v) is 3.58. The second-order valence-corrected chi connectivity index (χ2v) is 7.07. The van der Waals surface area contributed by atoms with Crippen molar-refractivity contribution in [3.05, 3.63) is 59.7 Å². The Labute approximate surface area is 159 Å². The summed E-state index contributed by atoms with van der Waals surface area (Å²) < 4.78 is 10.4. The summed E-state index contributed by atoms with van der Waals surface area (Å²) in [5, 5.41) is 5.71. The van der Waals surface area contributed by atoms with Gasteiger partial charge in [0.1, 0.15) is 12.4 Å². The van der Waals surface area contributed by atoms with E-state index in [1.165, 1.54) is 0 Å². The zero-order valence-corrected chi connectivity index (χ0v) is 16.2. The average Bonchev–Trinajstić information content (AvgIpc) is 2.61. The number of anilines is 1. The van der Waals surface area contributed by atoms with Crippen molar-refractivity contribution in [2.45, 2.75) is 26.3 Å². The maximum absolute atomic E-state index is 12.5. The summed E-state index contributed by atoms with van der Waals surface area (Å²) >= 11 is 0. The van der Waals surface area contributed by atoms with Gasteiger partial charge in [0.25, 0.3) is 11.8 Å². The summed E-state index contributed by atoms with van der Waals surface area (Å²) in [7, 11) is 1.61. The lowest BCUT2D eigenvalue weighted by Crippen LogP contribution is -2.40. The molecule has 0 atom stereocenters. The van der Waals surface area contributed by atoms with Crippen LogP contribution in [0.3, 0.4) is 0 Å². The minimum atomic E-state index is -0.368. The fourth-order valence-electron chi connectivity index (χ4n) is 2.34. The van der Waals surface area contributed by atoms with Gasteiger partial charge in [-0.05, 0) is 57.2 Å². The number of amides is 2. The van der Waals surface area contributed by atoms with E-state index in [2.05, 4.69) is 10.6 Å². The number of nitrogens with one attached hydrogen (secondary N) is 2. The molecule has 0 aliphatic carbocycles. The number of benzene rings is 2. The molecule has 6 nitrogen and oxygen atoms in total. The van der Waals surface area contributed by atoms with Crippen molar-refractivity contribution in [3.8, 4) is 5.75 Å². The number of hydrogen-bond acceptors (Lipinski definition) is 4. The molecule has 0 radical (unpaired) electrons. The Morgan fingerprint density at radius 2 is 1.59 bits per heavy atom. The van der Waals surface area contributed by atoms with Gasteiger partial charge in [0.2, 0.25) is 0 Å². The van der Waals surface area contributed by atoms with Gasteiger partial charge >= 0.3 is 0 Å². The van der Waals surface area contributed by atoms with Crippen LogP contribution < -0.4 is 15.4 Å². The third kappa shape index (κ3) is 6.42. The van der Waals surface area contributed by atoms with Crippen LogP contribution >= 0.6 is 0 Å². The molecule has 2 amide bonds. The molecule has 0 saturated carbocycles. The minimum absolute atomic E-state index is 0.236. The van der Waals surface area contributed by atoms with E-state index in [0.717, 1.165) is 0 Å². The van der Waals surface area contributed by atoms with E-state index in [4.69, 9.17) is 9.47 Å². The van der Waals surface area contributed by atoms with Gasteiger partial charge in [0.05, 0.1) is 17.9 Å². The van der Waals surface area contributed by atoms with Crippen LogP contribution in [-0.2, 0) is 4.74 Å². The first-order valence-corrected chi connectivity index (χ1v) is 8.75. The quantitative estimate of drug-likeness (QED) is 0.732. The lowest BCUT2D eigenvalue weighted by atomic mass is 10.1. The molecule has 6 heteroatoms. The van der Waals surface area contributed by atoms with Crippen molar-refractivity contribution >= 4 is 17.5 Å². The Morgan fingerprint density at radius 3 is 2.22 bits per heavy atom. The molecule has 2 aromatic carbocycles. The predicted molar refractivity (Wildman–Crippen MR) is 105 cm³/mol. The standard InChI is InChI=1S/C21H26N2O4/c1-21(2,3)23-20(25)17-7-5-6-8-18(17)22-19(24)15-9-11-16(12-10-15)27-14-13-26-4/h5-12H,13-14H2,1-4H3,(H,22,24)(H,23,25). The van der Waals surface area contributed by atoms with Crippen molar-refractivity contribution < 1.29 is 19.1 Å². The molecule has 0 aliphatic heterocycles. The number of para-hydroxylation sites is 1. The molecule has 2 rings (SSSR count). The van der Waals surface area contributed by atoms with E-state index in [-0.39, 0.29) is 17.4 Å². The van der Waals surface area contributed by atoms with E-state index in [0.29, 0.717) is 35.8 Å². The molecule has 2 aromatic rings. The second kappa shape index (κ2) is 9.19. The van der Waals surface area contributed by atoms with Crippen LogP contribution in [0.25, 0.3) is 0 Å². The van der Waals surface area contributed by atoms with Gasteiger partial charge in [0, 0.05) is 18.2 Å². The largest absolute Gasteiger partial charge is 0.491 e. The lowest BCUT2D eigenvalue weighted by molar-refractivity contribution is 0.0920. The highest BCUT2D eigenvalue weighted by Crippen LogP contribution is 2.18. The molecular weight excluding hydrogens is 344 g/mol. The van der Waals surface area contributed by atoms with E-state index >= 15 is 0 Å². The summed E-state index contributed by atoms with van der Waals surface area (Å²) in [5.41, 5.74) is 0.984. The monoisotopic (exact) mass is 370 g/mol. The number of rotatable bonds is 7. The van der Waals surface area contributed by atoms with Crippen LogP contribution in [0.15, 0.2) is 48.5 Å². The zero-order chi connectivity index (χ0) is 19.9. The number of methoxy groups -OCH3 is 1. The Hall–Kier alpha value is -2.86. The molecule has 0 aliphatic rings. The van der Waals surface area contributed by atoms with Gasteiger partial charge in [-0.15, -0.1) is 0 Å². The normalized spacial score (nSPS) is 11.0. The molecule has 0 bridgehead atoms. The molecular formula is C21H26N2O4. The zero-order valence-electron chi connectivity index (χ0n) is 16.2. The number of carbonyl (C=O) groups is 2. The van der Waals surface area contributed by atoms with Crippen LogP contribution in [0.4, 0.5) is 5.69 Å². The van der Waals surface area contributed by atoms with Gasteiger partial charge in [-0.3, -0.25) is 9.59 Å². The van der Waals surface area contributed by atoms with E-state index in [1.807, 2.05) is 20.8 Å². The Kier molecular flexibility index (Phi) is 6.96. The Balaban J connectivity index is 2.08. The fraction of sp³-hybridized carbons (Fsp3) is 0.333. The number of hydrogen-bond donors (Lipinski definition) is 2. The van der Waals surface area contributed by atoms with Gasteiger partial charge < -0.3 is 20.1 Å². The summed E-state index contributed by atoms with van der Waals surface area (Å²) in [5.74, 6) is 0.128. The van der Waals surface area contributed by atoms with E-state index in [9.17, 15) is 9.59 Å².